The van der Waals surface area contributed by atoms with Crippen molar-refractivity contribution in [1.82, 2.24) is 10.2 Å². The summed E-state index contributed by atoms with van der Waals surface area (Å²) < 4.78 is 5.48. The fourth-order valence-corrected chi connectivity index (χ4v) is 5.69. The van der Waals surface area contributed by atoms with Crippen LogP contribution >= 0.6 is 0 Å². The molecule has 0 aromatic rings. The maximum atomic E-state index is 12.8. The predicted octanol–water partition coefficient (Wildman–Crippen LogP) is 0.801. The smallest absolute Gasteiger partial charge is 0.324 e. The molecule has 7 heteroatoms. The normalized spacial score (nSPS) is 41.2. The van der Waals surface area contributed by atoms with Crippen LogP contribution in [0.1, 0.15) is 45.4 Å². The van der Waals surface area contributed by atoms with Crippen LogP contribution in [0.25, 0.3) is 0 Å². The molecule has 1 aliphatic heterocycles. The summed E-state index contributed by atoms with van der Waals surface area (Å²) in [5, 5.41) is 13.3. The van der Waals surface area contributed by atoms with Gasteiger partial charge in [0.1, 0.15) is 0 Å². The Morgan fingerprint density at radius 2 is 1.96 bits per heavy atom. The van der Waals surface area contributed by atoms with Crippen LogP contribution in [0.15, 0.2) is 0 Å². The third kappa shape index (κ3) is 2.41. The van der Waals surface area contributed by atoms with Gasteiger partial charge in [0.05, 0.1) is 11.0 Å². The molecule has 4 saturated carbocycles. The molecule has 7 nitrogen and oxygen atoms in total. The number of urea groups is 1. The van der Waals surface area contributed by atoms with E-state index in [1.54, 1.807) is 0 Å². The molecule has 4 aliphatic carbocycles. The number of amides is 3. The van der Waals surface area contributed by atoms with Gasteiger partial charge in [0, 0.05) is 13.1 Å². The second-order valence-corrected chi connectivity index (χ2v) is 8.24. The van der Waals surface area contributed by atoms with Crippen LogP contribution in [-0.4, -0.2) is 52.7 Å². The second-order valence-electron chi connectivity index (χ2n) is 8.24. The zero-order valence-electron chi connectivity index (χ0n) is 13.9. The number of ether oxygens (including phenoxy) is 1. The van der Waals surface area contributed by atoms with Gasteiger partial charge in [-0.2, -0.15) is 0 Å². The van der Waals surface area contributed by atoms with Crippen LogP contribution in [0.2, 0.25) is 0 Å². The summed E-state index contributed by atoms with van der Waals surface area (Å²) >= 11 is 0. The molecule has 1 heterocycles. The third-order valence-corrected chi connectivity index (χ3v) is 6.22. The molecule has 132 valence electrons. The first-order chi connectivity index (χ1) is 11.3. The minimum absolute atomic E-state index is 0.300. The van der Waals surface area contributed by atoms with E-state index in [0.29, 0.717) is 31.3 Å². The fraction of sp³-hybridized carbons (Fsp3) is 0.824. The van der Waals surface area contributed by atoms with Gasteiger partial charge in [-0.15, -0.1) is 0 Å². The molecule has 1 saturated heterocycles. The highest BCUT2D eigenvalue weighted by Gasteiger charge is 2.61. The van der Waals surface area contributed by atoms with Crippen LogP contribution in [0.5, 0.6) is 0 Å². The maximum Gasteiger partial charge on any atom is 0.324 e. The number of esters is 1. The number of hydrogen-bond acceptors (Lipinski definition) is 5. The van der Waals surface area contributed by atoms with Gasteiger partial charge in [-0.05, 0) is 57.3 Å². The van der Waals surface area contributed by atoms with E-state index in [-0.39, 0.29) is 5.97 Å². The molecule has 0 aromatic carbocycles. The van der Waals surface area contributed by atoms with E-state index in [9.17, 15) is 19.5 Å². The summed E-state index contributed by atoms with van der Waals surface area (Å²) in [4.78, 5) is 37.8. The predicted molar refractivity (Wildman–Crippen MR) is 82.7 cm³/mol. The number of nitrogens with zero attached hydrogens (tertiary/aromatic N) is 1. The van der Waals surface area contributed by atoms with Gasteiger partial charge in [0.2, 0.25) is 0 Å². The number of imide groups is 1. The van der Waals surface area contributed by atoms with Gasteiger partial charge in [-0.1, -0.05) is 0 Å². The number of nitrogens with one attached hydrogen (secondary N) is 1. The van der Waals surface area contributed by atoms with Crippen molar-refractivity contribution in [2.24, 2.45) is 17.3 Å². The first-order valence-electron chi connectivity index (χ1n) is 8.83. The summed E-state index contributed by atoms with van der Waals surface area (Å²) in [5.74, 6) is -0.115. The molecule has 5 aliphatic rings. The summed E-state index contributed by atoms with van der Waals surface area (Å²) in [5.41, 5.74) is -1.40. The summed E-state index contributed by atoms with van der Waals surface area (Å²) in [7, 11) is 0. The van der Waals surface area contributed by atoms with Crippen LogP contribution in [0.3, 0.4) is 0 Å². The Hall–Kier alpha value is -1.63. The fourth-order valence-electron chi connectivity index (χ4n) is 5.69. The Labute approximate surface area is 140 Å². The van der Waals surface area contributed by atoms with Gasteiger partial charge >= 0.3 is 12.0 Å². The lowest BCUT2D eigenvalue weighted by atomic mass is 9.48. The molecule has 2 N–H and O–H groups in total. The highest BCUT2D eigenvalue weighted by atomic mass is 16.5. The SMILES string of the molecule is C[C@@H](OC(=O)C12C[C@@H]3C[C@@H](CC(O)(C3)C1)C2)C(=O)N1CCNC1=O. The van der Waals surface area contributed by atoms with E-state index in [1.165, 1.54) is 6.92 Å². The number of carbonyl (C=O) groups excluding carboxylic acids is 3. The monoisotopic (exact) mass is 336 g/mol. The first-order valence-corrected chi connectivity index (χ1v) is 8.83. The summed E-state index contributed by atoms with van der Waals surface area (Å²) in [6, 6.07) is -0.438. The van der Waals surface area contributed by atoms with Gasteiger partial charge in [-0.3, -0.25) is 14.5 Å². The van der Waals surface area contributed by atoms with E-state index in [4.69, 9.17) is 4.74 Å². The van der Waals surface area contributed by atoms with Gasteiger partial charge in [-0.25, -0.2) is 4.79 Å². The topological polar surface area (TPSA) is 95.9 Å². The maximum absolute atomic E-state index is 12.8. The molecule has 5 rings (SSSR count). The van der Waals surface area contributed by atoms with Crippen LogP contribution in [0.4, 0.5) is 4.79 Å². The highest BCUT2D eigenvalue weighted by Crippen LogP contribution is 2.62. The quantitative estimate of drug-likeness (QED) is 0.743. The van der Waals surface area contributed by atoms with Crippen molar-refractivity contribution in [3.05, 3.63) is 0 Å². The third-order valence-electron chi connectivity index (χ3n) is 6.22. The van der Waals surface area contributed by atoms with Crippen molar-refractivity contribution >= 4 is 17.9 Å². The van der Waals surface area contributed by atoms with Crippen molar-refractivity contribution in [3.63, 3.8) is 0 Å². The Morgan fingerprint density at radius 3 is 2.50 bits per heavy atom. The van der Waals surface area contributed by atoms with Crippen LogP contribution < -0.4 is 5.32 Å². The average Bonchev–Trinajstić information content (AvgIpc) is 2.89. The molecule has 4 bridgehead atoms. The van der Waals surface area contributed by atoms with E-state index in [0.717, 1.165) is 37.0 Å². The zero-order valence-corrected chi connectivity index (χ0v) is 13.9. The molecule has 2 unspecified atom stereocenters. The van der Waals surface area contributed by atoms with Gasteiger partial charge in [0.15, 0.2) is 6.10 Å². The van der Waals surface area contributed by atoms with E-state index in [1.807, 2.05) is 0 Å². The summed E-state index contributed by atoms with van der Waals surface area (Å²) in [6.45, 7) is 2.24. The zero-order chi connectivity index (χ0) is 17.1. The standard InChI is InChI=1S/C17H24N2O5/c1-10(13(20)19-3-2-18-15(19)22)24-14(21)16-5-11-4-12(6-16)8-17(23,7-11)9-16/h10-12,23H,2-9H2,1H3,(H,18,22)/t10-,11-,12+,16?,17?/m1/s1. The number of rotatable bonds is 3. The molecular formula is C17H24N2O5. The molecule has 0 aromatic heterocycles. The molecule has 3 amide bonds. The van der Waals surface area contributed by atoms with Gasteiger partial charge in [0.25, 0.3) is 5.91 Å². The minimum atomic E-state index is -0.982. The molecule has 0 radical (unpaired) electrons. The Bertz CT molecular complexity index is 590. The number of carbonyl (C=O) groups is 3. The highest BCUT2D eigenvalue weighted by molar-refractivity contribution is 5.98. The van der Waals surface area contributed by atoms with Gasteiger partial charge < -0.3 is 15.2 Å². The lowest BCUT2D eigenvalue weighted by molar-refractivity contribution is -0.200. The van der Waals surface area contributed by atoms with Crippen molar-refractivity contribution in [1.29, 1.82) is 0 Å². The molecule has 0 spiro atoms. The Balaban J connectivity index is 1.46. The Morgan fingerprint density at radius 1 is 1.29 bits per heavy atom. The van der Waals surface area contributed by atoms with E-state index in [2.05, 4.69) is 5.32 Å². The number of aliphatic hydroxyl groups is 1. The van der Waals surface area contributed by atoms with Crippen LogP contribution in [-0.2, 0) is 14.3 Å². The summed E-state index contributed by atoms with van der Waals surface area (Å²) in [6.07, 6.45) is 3.59. The average molecular weight is 336 g/mol. The lowest BCUT2D eigenvalue weighted by Gasteiger charge is -2.58. The second kappa shape index (κ2) is 5.18. The first kappa shape index (κ1) is 15.9. The van der Waals surface area contributed by atoms with E-state index >= 15 is 0 Å². The molecular weight excluding hydrogens is 312 g/mol. The Kier molecular flexibility index (Phi) is 3.43. The van der Waals surface area contributed by atoms with Crippen molar-refractivity contribution in [2.75, 3.05) is 13.1 Å². The van der Waals surface area contributed by atoms with E-state index < -0.39 is 29.1 Å². The number of hydrogen-bond donors (Lipinski definition) is 2. The molecule has 24 heavy (non-hydrogen) atoms. The van der Waals surface area contributed by atoms with Crippen molar-refractivity contribution in [3.8, 4) is 0 Å². The molecule has 5 fully saturated rings. The largest absolute Gasteiger partial charge is 0.452 e. The minimum Gasteiger partial charge on any atom is -0.452 e. The van der Waals surface area contributed by atoms with Crippen LogP contribution in [0, 0.1) is 17.3 Å². The van der Waals surface area contributed by atoms with Crippen molar-refractivity contribution < 1.29 is 24.2 Å². The van der Waals surface area contributed by atoms with Crippen molar-refractivity contribution in [2.45, 2.75) is 57.2 Å². The molecule has 5 atom stereocenters. The lowest BCUT2D eigenvalue weighted by Crippen LogP contribution is -2.59.